The number of rotatable bonds is 6. The van der Waals surface area contributed by atoms with Crippen LogP contribution in [0.1, 0.15) is 36.0 Å². The third kappa shape index (κ3) is 4.96. The third-order valence-electron chi connectivity index (χ3n) is 10.5. The molecule has 232 valence electrons. The molecule has 9 rings (SSSR count). The summed E-state index contributed by atoms with van der Waals surface area (Å²) in [5.74, 6) is 0.408. The van der Waals surface area contributed by atoms with Crippen LogP contribution in [0, 0.1) is 0 Å². The van der Waals surface area contributed by atoms with Crippen LogP contribution < -0.4 is 4.90 Å². The highest BCUT2D eigenvalue weighted by Gasteiger charge is 2.18. The summed E-state index contributed by atoms with van der Waals surface area (Å²) in [4.78, 5) is 2.28. The molecule has 2 aliphatic carbocycles. The fraction of sp³-hybridized carbons (Fsp3) is 0.130. The van der Waals surface area contributed by atoms with Gasteiger partial charge < -0.3 is 9.47 Å². The van der Waals surface area contributed by atoms with Crippen molar-refractivity contribution in [2.75, 3.05) is 11.9 Å². The Hall–Kier alpha value is -5.60. The number of benzene rings is 6. The van der Waals surface area contributed by atoms with E-state index in [1.807, 2.05) is 0 Å². The number of fused-ring (bicyclic) bond motifs is 4. The highest BCUT2D eigenvalue weighted by atomic mass is 15.1. The summed E-state index contributed by atoms with van der Waals surface area (Å²) >= 11 is 0. The van der Waals surface area contributed by atoms with E-state index >= 15 is 0 Å². The molecule has 0 saturated heterocycles. The van der Waals surface area contributed by atoms with Gasteiger partial charge in [-0.2, -0.15) is 0 Å². The van der Waals surface area contributed by atoms with E-state index in [1.54, 1.807) is 0 Å². The molecule has 0 fully saturated rings. The molecular weight excluding hydrogens is 581 g/mol. The van der Waals surface area contributed by atoms with E-state index in [1.165, 1.54) is 96.2 Å². The van der Waals surface area contributed by atoms with Gasteiger partial charge in [-0.3, -0.25) is 0 Å². The summed E-state index contributed by atoms with van der Waals surface area (Å²) in [5, 5.41) is 2.59. The summed E-state index contributed by atoms with van der Waals surface area (Å²) in [7, 11) is 2.16. The lowest BCUT2D eigenvalue weighted by Crippen LogP contribution is -2.09. The van der Waals surface area contributed by atoms with Crippen molar-refractivity contribution in [3.8, 4) is 27.9 Å². The minimum atomic E-state index is 0.408. The highest BCUT2D eigenvalue weighted by Crippen LogP contribution is 2.39. The number of hydrogen-bond donors (Lipinski definition) is 0. The molecule has 1 aromatic heterocycles. The van der Waals surface area contributed by atoms with Crippen molar-refractivity contribution < 1.29 is 0 Å². The van der Waals surface area contributed by atoms with Crippen LogP contribution >= 0.6 is 0 Å². The van der Waals surface area contributed by atoms with Gasteiger partial charge in [-0.15, -0.1) is 0 Å². The first kappa shape index (κ1) is 28.6. The number of aryl methyl sites for hydroxylation is 2. The van der Waals surface area contributed by atoms with Gasteiger partial charge in [0.25, 0.3) is 0 Å². The highest BCUT2D eigenvalue weighted by molar-refractivity contribution is 6.10. The van der Waals surface area contributed by atoms with Crippen LogP contribution in [0.5, 0.6) is 0 Å². The second kappa shape index (κ2) is 11.6. The zero-order chi connectivity index (χ0) is 32.2. The quantitative estimate of drug-likeness (QED) is 0.180. The van der Waals surface area contributed by atoms with Crippen LogP contribution in [0.25, 0.3) is 49.7 Å². The number of anilines is 2. The molecule has 0 aliphatic heterocycles. The summed E-state index contributed by atoms with van der Waals surface area (Å²) < 4.78 is 2.41. The number of para-hydroxylation sites is 1. The van der Waals surface area contributed by atoms with Crippen LogP contribution in [-0.2, 0) is 12.8 Å². The summed E-state index contributed by atoms with van der Waals surface area (Å²) in [6.45, 7) is 2.18. The molecule has 2 heteroatoms. The topological polar surface area (TPSA) is 8.17 Å². The van der Waals surface area contributed by atoms with Crippen LogP contribution in [0.3, 0.4) is 0 Å². The lowest BCUT2D eigenvalue weighted by atomic mass is 9.86. The summed E-state index contributed by atoms with van der Waals surface area (Å²) in [6, 6.07) is 49.6. The van der Waals surface area contributed by atoms with E-state index in [-0.39, 0.29) is 0 Å². The van der Waals surface area contributed by atoms with Gasteiger partial charge in [0.15, 0.2) is 0 Å². The maximum atomic E-state index is 2.43. The molecule has 1 heterocycles. The molecule has 48 heavy (non-hydrogen) atoms. The molecule has 0 amide bonds. The van der Waals surface area contributed by atoms with E-state index < -0.39 is 0 Å². The van der Waals surface area contributed by atoms with Gasteiger partial charge in [-0.05, 0) is 126 Å². The zero-order valence-corrected chi connectivity index (χ0v) is 27.5. The Balaban J connectivity index is 1.07. The Morgan fingerprint density at radius 3 is 2.04 bits per heavy atom. The number of aromatic nitrogens is 1. The minimum Gasteiger partial charge on any atom is -0.345 e. The molecule has 6 aromatic carbocycles. The van der Waals surface area contributed by atoms with Crippen LogP contribution in [0.2, 0.25) is 0 Å². The molecule has 2 nitrogen and oxygen atoms in total. The molecule has 0 bridgehead atoms. The molecule has 7 aromatic rings. The maximum absolute atomic E-state index is 2.43. The molecule has 0 N–H and O–H groups in total. The van der Waals surface area contributed by atoms with Crippen molar-refractivity contribution in [3.63, 3.8) is 0 Å². The van der Waals surface area contributed by atoms with E-state index in [0.29, 0.717) is 5.92 Å². The third-order valence-corrected chi connectivity index (χ3v) is 10.5. The van der Waals surface area contributed by atoms with E-state index in [9.17, 15) is 0 Å². The van der Waals surface area contributed by atoms with Crippen molar-refractivity contribution in [2.45, 2.75) is 32.1 Å². The monoisotopic (exact) mass is 618 g/mol. The summed E-state index contributed by atoms with van der Waals surface area (Å²) in [5.41, 5.74) is 16.8. The Kier molecular flexibility index (Phi) is 6.90. The SMILES string of the molecule is CC1=CCC(c2ccc3c(c2)c2cc(-c4ccc(N(C)c5cccc(-c6ccc7c(c6)CC7)c5)cc4)ccc2n3-c2ccccc2)C=C1. The molecular formula is C46H38N2. The second-order valence-corrected chi connectivity index (χ2v) is 13.5. The van der Waals surface area contributed by atoms with Crippen LogP contribution in [0.4, 0.5) is 11.4 Å². The molecule has 1 atom stereocenters. The zero-order valence-electron chi connectivity index (χ0n) is 27.5. The Morgan fingerprint density at radius 1 is 0.583 bits per heavy atom. The number of nitrogens with zero attached hydrogens (tertiary/aromatic N) is 2. The molecule has 0 spiro atoms. The van der Waals surface area contributed by atoms with Gasteiger partial charge >= 0.3 is 0 Å². The molecule has 0 radical (unpaired) electrons. The normalized spacial score (nSPS) is 15.3. The van der Waals surface area contributed by atoms with Crippen molar-refractivity contribution in [3.05, 3.63) is 174 Å². The molecule has 2 aliphatic rings. The predicted molar refractivity (Wildman–Crippen MR) is 204 cm³/mol. The Bertz CT molecular complexity index is 2390. The van der Waals surface area contributed by atoms with Gasteiger partial charge in [0, 0.05) is 40.8 Å². The lowest BCUT2D eigenvalue weighted by Gasteiger charge is -2.22. The molecule has 0 saturated carbocycles. The summed E-state index contributed by atoms with van der Waals surface area (Å²) in [6.07, 6.45) is 10.4. The average Bonchev–Trinajstić information content (AvgIpc) is 3.45. The van der Waals surface area contributed by atoms with Gasteiger partial charge in [-0.25, -0.2) is 0 Å². The minimum absolute atomic E-state index is 0.408. The van der Waals surface area contributed by atoms with Crippen molar-refractivity contribution in [2.24, 2.45) is 0 Å². The fourth-order valence-electron chi connectivity index (χ4n) is 7.58. The Labute approximate surface area is 282 Å². The maximum Gasteiger partial charge on any atom is 0.0541 e. The predicted octanol–water partition coefficient (Wildman–Crippen LogP) is 12.0. The standard InChI is InChI=1S/C46H38N2/c1-31-11-13-32(14-12-31)38-21-25-45-43(29-38)44-30-39(22-26-46(44)48(45)41-8-4-3-5-9-41)34-19-23-40(24-20-34)47(2)42-10-6-7-35(28-42)37-18-16-33-15-17-36(33)27-37/h3-13,16,18-30,32H,14-15,17H2,1-2H3. The largest absolute Gasteiger partial charge is 0.345 e. The number of allylic oxidation sites excluding steroid dienone is 4. The average molecular weight is 619 g/mol. The van der Waals surface area contributed by atoms with Crippen molar-refractivity contribution >= 4 is 33.2 Å². The first-order valence-electron chi connectivity index (χ1n) is 17.1. The second-order valence-electron chi connectivity index (χ2n) is 13.5. The van der Waals surface area contributed by atoms with Gasteiger partial charge in [0.2, 0.25) is 0 Å². The van der Waals surface area contributed by atoms with E-state index in [4.69, 9.17) is 0 Å². The first-order valence-corrected chi connectivity index (χ1v) is 17.1. The smallest absolute Gasteiger partial charge is 0.0541 e. The van der Waals surface area contributed by atoms with Crippen molar-refractivity contribution in [1.82, 2.24) is 4.57 Å². The first-order chi connectivity index (χ1) is 23.6. The van der Waals surface area contributed by atoms with Gasteiger partial charge in [0.1, 0.15) is 0 Å². The number of hydrogen-bond acceptors (Lipinski definition) is 1. The Morgan fingerprint density at radius 2 is 1.29 bits per heavy atom. The van der Waals surface area contributed by atoms with E-state index in [0.717, 1.165) is 6.42 Å². The van der Waals surface area contributed by atoms with Crippen LogP contribution in [-0.4, -0.2) is 11.6 Å². The van der Waals surface area contributed by atoms with Gasteiger partial charge in [-0.1, -0.05) is 96.6 Å². The van der Waals surface area contributed by atoms with Gasteiger partial charge in [0.05, 0.1) is 11.0 Å². The molecule has 1 unspecified atom stereocenters. The van der Waals surface area contributed by atoms with Crippen molar-refractivity contribution in [1.29, 1.82) is 0 Å². The fourth-order valence-corrected chi connectivity index (χ4v) is 7.58. The van der Waals surface area contributed by atoms with Crippen LogP contribution in [0.15, 0.2) is 157 Å². The lowest BCUT2D eigenvalue weighted by molar-refractivity contribution is 0.840. The van der Waals surface area contributed by atoms with E-state index in [2.05, 4.69) is 175 Å².